The lowest BCUT2D eigenvalue weighted by molar-refractivity contribution is 0.157. The maximum Gasteiger partial charge on any atom is 0.110 e. The highest BCUT2D eigenvalue weighted by Crippen LogP contribution is 2.31. The van der Waals surface area contributed by atoms with Gasteiger partial charge in [0, 0.05) is 27.5 Å². The average Bonchev–Trinajstić information content (AvgIpc) is 2.31. The minimum absolute atomic E-state index is 0.138. The van der Waals surface area contributed by atoms with Gasteiger partial charge in [-0.25, -0.2) is 4.98 Å². The van der Waals surface area contributed by atoms with E-state index in [0.717, 1.165) is 15.9 Å². The lowest BCUT2D eigenvalue weighted by Crippen LogP contribution is -2.50. The molecule has 0 spiro atoms. The first-order valence-corrected chi connectivity index (χ1v) is 8.19. The van der Waals surface area contributed by atoms with Crippen LogP contribution in [-0.2, 0) is 0 Å². The first kappa shape index (κ1) is 17.0. The van der Waals surface area contributed by atoms with Crippen LogP contribution in [0.4, 0.5) is 0 Å². The standard InChI is InChI=1S/C14H23BrN2OS/c1-10(2)17-14(4,9-18)8-11(3)19-13-12(15)6-5-7-16-13/h5-7,10-11,17-18H,8-9H2,1-4H3. The smallest absolute Gasteiger partial charge is 0.110 e. The van der Waals surface area contributed by atoms with Gasteiger partial charge < -0.3 is 10.4 Å². The van der Waals surface area contributed by atoms with Crippen molar-refractivity contribution in [2.24, 2.45) is 0 Å². The van der Waals surface area contributed by atoms with Crippen LogP contribution >= 0.6 is 27.7 Å². The lowest BCUT2D eigenvalue weighted by Gasteiger charge is -2.33. The van der Waals surface area contributed by atoms with Crippen molar-refractivity contribution in [3.63, 3.8) is 0 Å². The zero-order valence-electron chi connectivity index (χ0n) is 12.0. The van der Waals surface area contributed by atoms with Gasteiger partial charge in [-0.15, -0.1) is 11.8 Å². The fourth-order valence-corrected chi connectivity index (χ4v) is 3.86. The molecule has 1 heterocycles. The Morgan fingerprint density at radius 3 is 2.68 bits per heavy atom. The quantitative estimate of drug-likeness (QED) is 0.742. The van der Waals surface area contributed by atoms with E-state index in [4.69, 9.17) is 0 Å². The second-order valence-electron chi connectivity index (χ2n) is 5.44. The zero-order chi connectivity index (χ0) is 14.5. The van der Waals surface area contributed by atoms with E-state index in [-0.39, 0.29) is 12.1 Å². The predicted molar refractivity (Wildman–Crippen MR) is 85.6 cm³/mol. The summed E-state index contributed by atoms with van der Waals surface area (Å²) in [5.74, 6) is 0. The molecule has 2 unspecified atom stereocenters. The van der Waals surface area contributed by atoms with Crippen molar-refractivity contribution in [3.8, 4) is 0 Å². The Labute approximate surface area is 128 Å². The molecule has 1 aromatic rings. The molecule has 0 amide bonds. The molecule has 5 heteroatoms. The Kier molecular flexibility index (Phi) is 6.80. The van der Waals surface area contributed by atoms with E-state index in [9.17, 15) is 5.11 Å². The Bertz CT molecular complexity index is 403. The summed E-state index contributed by atoms with van der Waals surface area (Å²) in [6.45, 7) is 8.57. The third-order valence-corrected chi connectivity index (χ3v) is 4.78. The number of rotatable bonds is 7. The molecule has 2 atom stereocenters. The summed E-state index contributed by atoms with van der Waals surface area (Å²) in [7, 11) is 0. The zero-order valence-corrected chi connectivity index (χ0v) is 14.4. The van der Waals surface area contributed by atoms with Crippen LogP contribution in [0.1, 0.15) is 34.1 Å². The maximum atomic E-state index is 9.61. The van der Waals surface area contributed by atoms with Gasteiger partial charge in [-0.05, 0) is 41.4 Å². The molecule has 2 N–H and O–H groups in total. The van der Waals surface area contributed by atoms with Crippen LogP contribution in [0.25, 0.3) is 0 Å². The van der Waals surface area contributed by atoms with Crippen molar-refractivity contribution >= 4 is 27.7 Å². The first-order valence-electron chi connectivity index (χ1n) is 6.52. The second kappa shape index (κ2) is 7.62. The number of hydrogen-bond donors (Lipinski definition) is 2. The molecule has 108 valence electrons. The molecule has 0 saturated heterocycles. The highest BCUT2D eigenvalue weighted by Gasteiger charge is 2.27. The number of aromatic nitrogens is 1. The fourth-order valence-electron chi connectivity index (χ4n) is 2.19. The summed E-state index contributed by atoms with van der Waals surface area (Å²) in [6.07, 6.45) is 2.69. The Morgan fingerprint density at radius 1 is 1.47 bits per heavy atom. The van der Waals surface area contributed by atoms with E-state index in [1.807, 2.05) is 12.1 Å². The molecule has 0 saturated carbocycles. The Balaban J connectivity index is 2.63. The molecule has 1 aromatic heterocycles. The Morgan fingerprint density at radius 2 is 2.16 bits per heavy atom. The molecular formula is C14H23BrN2OS. The summed E-state index contributed by atoms with van der Waals surface area (Å²) in [5.41, 5.74) is -0.248. The lowest BCUT2D eigenvalue weighted by atomic mass is 9.96. The number of aliphatic hydroxyl groups is 1. The number of nitrogens with zero attached hydrogens (tertiary/aromatic N) is 1. The number of aliphatic hydroxyl groups excluding tert-OH is 1. The molecule has 0 aromatic carbocycles. The number of nitrogens with one attached hydrogen (secondary N) is 1. The first-order chi connectivity index (χ1) is 8.86. The van der Waals surface area contributed by atoms with Crippen molar-refractivity contribution < 1.29 is 5.11 Å². The minimum Gasteiger partial charge on any atom is -0.394 e. The van der Waals surface area contributed by atoms with Gasteiger partial charge in [0.25, 0.3) is 0 Å². The van der Waals surface area contributed by atoms with Crippen LogP contribution in [-0.4, -0.2) is 33.5 Å². The minimum atomic E-state index is -0.248. The number of halogens is 1. The summed E-state index contributed by atoms with van der Waals surface area (Å²) >= 11 is 5.24. The van der Waals surface area contributed by atoms with E-state index in [1.165, 1.54) is 0 Å². The number of hydrogen-bond acceptors (Lipinski definition) is 4. The molecule has 3 nitrogen and oxygen atoms in total. The van der Waals surface area contributed by atoms with Gasteiger partial charge >= 0.3 is 0 Å². The van der Waals surface area contributed by atoms with Crippen molar-refractivity contribution in [1.82, 2.24) is 10.3 Å². The van der Waals surface area contributed by atoms with Crippen molar-refractivity contribution in [1.29, 1.82) is 0 Å². The molecular weight excluding hydrogens is 324 g/mol. The summed E-state index contributed by atoms with van der Waals surface area (Å²) < 4.78 is 1.02. The number of pyridine rings is 1. The van der Waals surface area contributed by atoms with E-state index in [1.54, 1.807) is 18.0 Å². The predicted octanol–water partition coefficient (Wildman–Crippen LogP) is 3.46. The highest BCUT2D eigenvalue weighted by molar-refractivity contribution is 9.10. The molecule has 19 heavy (non-hydrogen) atoms. The van der Waals surface area contributed by atoms with Gasteiger partial charge in [-0.2, -0.15) is 0 Å². The van der Waals surface area contributed by atoms with Crippen LogP contribution < -0.4 is 5.32 Å². The average molecular weight is 347 g/mol. The SMILES string of the molecule is CC(C)NC(C)(CO)CC(C)Sc1ncccc1Br. The largest absolute Gasteiger partial charge is 0.394 e. The topological polar surface area (TPSA) is 45.1 Å². The molecule has 0 aliphatic carbocycles. The van der Waals surface area contributed by atoms with Crippen LogP contribution in [0.2, 0.25) is 0 Å². The summed E-state index contributed by atoms with van der Waals surface area (Å²) in [4.78, 5) is 4.37. The van der Waals surface area contributed by atoms with Gasteiger partial charge in [0.15, 0.2) is 0 Å². The highest BCUT2D eigenvalue weighted by atomic mass is 79.9. The summed E-state index contributed by atoms with van der Waals surface area (Å²) in [5, 5.41) is 14.4. The van der Waals surface area contributed by atoms with E-state index < -0.39 is 0 Å². The third-order valence-electron chi connectivity index (χ3n) is 2.76. The molecule has 0 radical (unpaired) electrons. The molecule has 0 aliphatic heterocycles. The second-order valence-corrected chi connectivity index (χ2v) is 7.72. The normalized spacial score (nSPS) is 16.4. The maximum absolute atomic E-state index is 9.61. The van der Waals surface area contributed by atoms with Crippen LogP contribution in [0, 0.1) is 0 Å². The molecule has 0 fully saturated rings. The number of thioether (sulfide) groups is 1. The van der Waals surface area contributed by atoms with Gasteiger partial charge in [-0.1, -0.05) is 20.8 Å². The van der Waals surface area contributed by atoms with Crippen molar-refractivity contribution in [2.45, 2.75) is 56.0 Å². The third kappa shape index (κ3) is 5.81. The molecule has 1 rings (SSSR count). The van der Waals surface area contributed by atoms with Crippen LogP contribution in [0.15, 0.2) is 27.8 Å². The van der Waals surface area contributed by atoms with Gasteiger partial charge in [0.2, 0.25) is 0 Å². The van der Waals surface area contributed by atoms with Gasteiger partial charge in [-0.3, -0.25) is 0 Å². The summed E-state index contributed by atoms with van der Waals surface area (Å²) in [6, 6.07) is 4.27. The monoisotopic (exact) mass is 346 g/mol. The van der Waals surface area contributed by atoms with Crippen LogP contribution in [0.3, 0.4) is 0 Å². The molecule has 0 bridgehead atoms. The van der Waals surface area contributed by atoms with Crippen LogP contribution in [0.5, 0.6) is 0 Å². The van der Waals surface area contributed by atoms with E-state index in [2.05, 4.69) is 53.9 Å². The van der Waals surface area contributed by atoms with E-state index >= 15 is 0 Å². The fraction of sp³-hybridized carbons (Fsp3) is 0.643. The Hall–Kier alpha value is -0.100. The molecule has 0 aliphatic rings. The van der Waals surface area contributed by atoms with Crippen molar-refractivity contribution in [2.75, 3.05) is 6.61 Å². The van der Waals surface area contributed by atoms with Gasteiger partial charge in [0.1, 0.15) is 5.03 Å². The van der Waals surface area contributed by atoms with Gasteiger partial charge in [0.05, 0.1) is 6.61 Å². The van der Waals surface area contributed by atoms with Crippen molar-refractivity contribution in [3.05, 3.63) is 22.8 Å². The van der Waals surface area contributed by atoms with E-state index in [0.29, 0.717) is 11.3 Å².